The summed E-state index contributed by atoms with van der Waals surface area (Å²) < 4.78 is 18.7. The van der Waals surface area contributed by atoms with Crippen LogP contribution in [0.15, 0.2) is 22.7 Å². The highest BCUT2D eigenvalue weighted by Gasteiger charge is 2.14. The Morgan fingerprint density at radius 3 is 2.94 bits per heavy atom. The summed E-state index contributed by atoms with van der Waals surface area (Å²) in [5.41, 5.74) is 6.03. The van der Waals surface area contributed by atoms with Crippen molar-refractivity contribution < 1.29 is 8.91 Å². The number of benzene rings is 1. The van der Waals surface area contributed by atoms with Crippen molar-refractivity contribution in [3.05, 3.63) is 34.9 Å². The quantitative estimate of drug-likeness (QED) is 0.927. The van der Waals surface area contributed by atoms with Crippen LogP contribution in [-0.4, -0.2) is 16.2 Å². The summed E-state index contributed by atoms with van der Waals surface area (Å²) in [6, 6.07) is 4.26. The van der Waals surface area contributed by atoms with Gasteiger partial charge in [-0.15, -0.1) is 0 Å². The third-order valence-corrected chi connectivity index (χ3v) is 2.83. The van der Waals surface area contributed by atoms with Crippen molar-refractivity contribution in [3.63, 3.8) is 0 Å². The molecule has 1 aromatic carbocycles. The SMILES string of the molecule is CCC(N)Cc1noc(-c2ccc(Cl)cc2F)n1. The minimum absolute atomic E-state index is 0.0227. The summed E-state index contributed by atoms with van der Waals surface area (Å²) in [6.45, 7) is 1.98. The second-order valence-corrected chi connectivity index (χ2v) is 4.45. The van der Waals surface area contributed by atoms with Gasteiger partial charge in [-0.05, 0) is 24.6 Å². The Hall–Kier alpha value is -1.46. The van der Waals surface area contributed by atoms with Gasteiger partial charge < -0.3 is 10.3 Å². The molecular weight excluding hydrogens is 257 g/mol. The van der Waals surface area contributed by atoms with Crippen LogP contribution in [0.2, 0.25) is 5.02 Å². The second-order valence-electron chi connectivity index (χ2n) is 4.01. The molecule has 0 radical (unpaired) electrons. The molecule has 0 aliphatic rings. The molecule has 96 valence electrons. The molecule has 0 spiro atoms. The molecule has 0 saturated carbocycles. The van der Waals surface area contributed by atoms with E-state index in [0.717, 1.165) is 6.42 Å². The number of hydrogen-bond acceptors (Lipinski definition) is 4. The van der Waals surface area contributed by atoms with Crippen LogP contribution in [-0.2, 0) is 6.42 Å². The standard InChI is InChI=1S/C12H13ClFN3O/c1-2-8(15)6-11-16-12(18-17-11)9-4-3-7(13)5-10(9)14/h3-5,8H,2,6,15H2,1H3. The predicted molar refractivity (Wildman–Crippen MR) is 66.7 cm³/mol. The van der Waals surface area contributed by atoms with Crippen molar-refractivity contribution in [2.45, 2.75) is 25.8 Å². The second kappa shape index (κ2) is 5.46. The fourth-order valence-electron chi connectivity index (χ4n) is 1.49. The summed E-state index contributed by atoms with van der Waals surface area (Å²) in [6.07, 6.45) is 1.33. The first kappa shape index (κ1) is 13.0. The number of hydrogen-bond donors (Lipinski definition) is 1. The van der Waals surface area contributed by atoms with Crippen LogP contribution in [0.25, 0.3) is 11.5 Å². The molecule has 1 heterocycles. The average Bonchev–Trinajstić information content (AvgIpc) is 2.77. The minimum atomic E-state index is -0.488. The Bertz CT molecular complexity index is 544. The highest BCUT2D eigenvalue weighted by Crippen LogP contribution is 2.24. The molecule has 18 heavy (non-hydrogen) atoms. The maximum atomic E-state index is 13.6. The van der Waals surface area contributed by atoms with Crippen LogP contribution >= 0.6 is 11.6 Å². The molecule has 1 aromatic heterocycles. The monoisotopic (exact) mass is 269 g/mol. The fraction of sp³-hybridized carbons (Fsp3) is 0.333. The zero-order valence-corrected chi connectivity index (χ0v) is 10.6. The molecule has 0 bridgehead atoms. The van der Waals surface area contributed by atoms with Gasteiger partial charge in [-0.3, -0.25) is 0 Å². The number of aromatic nitrogens is 2. The average molecular weight is 270 g/mol. The van der Waals surface area contributed by atoms with Gasteiger partial charge >= 0.3 is 0 Å². The first-order chi connectivity index (χ1) is 8.60. The van der Waals surface area contributed by atoms with Crippen LogP contribution < -0.4 is 5.73 Å². The molecule has 6 heteroatoms. The Labute approximate surface area is 109 Å². The normalized spacial score (nSPS) is 12.7. The number of halogens is 2. The zero-order valence-electron chi connectivity index (χ0n) is 9.86. The first-order valence-corrected chi connectivity index (χ1v) is 6.01. The summed E-state index contributed by atoms with van der Waals surface area (Å²) in [5, 5.41) is 4.10. The number of nitrogens with two attached hydrogens (primary N) is 1. The molecule has 2 rings (SSSR count). The summed E-state index contributed by atoms with van der Waals surface area (Å²) in [4.78, 5) is 4.12. The molecular formula is C12H13ClFN3O. The summed E-state index contributed by atoms with van der Waals surface area (Å²) in [5.74, 6) is 0.133. The van der Waals surface area contributed by atoms with Gasteiger partial charge in [-0.1, -0.05) is 23.7 Å². The third-order valence-electron chi connectivity index (χ3n) is 2.60. The van der Waals surface area contributed by atoms with Crippen molar-refractivity contribution in [1.82, 2.24) is 10.1 Å². The summed E-state index contributed by atoms with van der Waals surface area (Å²) >= 11 is 5.67. The van der Waals surface area contributed by atoms with E-state index in [0.29, 0.717) is 17.3 Å². The van der Waals surface area contributed by atoms with E-state index in [1.165, 1.54) is 12.1 Å². The van der Waals surface area contributed by atoms with Gasteiger partial charge in [0.15, 0.2) is 5.82 Å². The van der Waals surface area contributed by atoms with E-state index in [1.54, 1.807) is 6.07 Å². The number of rotatable bonds is 4. The smallest absolute Gasteiger partial charge is 0.260 e. The summed E-state index contributed by atoms with van der Waals surface area (Å²) in [7, 11) is 0. The molecule has 1 atom stereocenters. The van der Waals surface area contributed by atoms with E-state index in [2.05, 4.69) is 10.1 Å². The fourth-order valence-corrected chi connectivity index (χ4v) is 1.65. The van der Waals surface area contributed by atoms with Crippen LogP contribution in [0.3, 0.4) is 0 Å². The Morgan fingerprint density at radius 1 is 1.50 bits per heavy atom. The lowest BCUT2D eigenvalue weighted by molar-refractivity contribution is 0.417. The molecule has 2 N–H and O–H groups in total. The van der Waals surface area contributed by atoms with Crippen molar-refractivity contribution in [2.24, 2.45) is 5.73 Å². The lowest BCUT2D eigenvalue weighted by Crippen LogP contribution is -2.21. The molecule has 2 aromatic rings. The largest absolute Gasteiger partial charge is 0.334 e. The van der Waals surface area contributed by atoms with E-state index < -0.39 is 5.82 Å². The molecule has 0 saturated heterocycles. The predicted octanol–water partition coefficient (Wildman–Crippen LogP) is 2.81. The van der Waals surface area contributed by atoms with E-state index in [4.69, 9.17) is 21.9 Å². The van der Waals surface area contributed by atoms with Gasteiger partial charge in [0, 0.05) is 17.5 Å². The van der Waals surface area contributed by atoms with Crippen LogP contribution in [0.4, 0.5) is 4.39 Å². The van der Waals surface area contributed by atoms with Crippen LogP contribution in [0.5, 0.6) is 0 Å². The van der Waals surface area contributed by atoms with Gasteiger partial charge in [-0.2, -0.15) is 4.98 Å². The zero-order chi connectivity index (χ0) is 13.1. The maximum absolute atomic E-state index is 13.6. The first-order valence-electron chi connectivity index (χ1n) is 5.63. The molecule has 0 aliphatic heterocycles. The van der Waals surface area contributed by atoms with Crippen LogP contribution in [0.1, 0.15) is 19.2 Å². The van der Waals surface area contributed by atoms with E-state index >= 15 is 0 Å². The molecule has 0 amide bonds. The van der Waals surface area contributed by atoms with Gasteiger partial charge in [-0.25, -0.2) is 4.39 Å². The Morgan fingerprint density at radius 2 is 2.28 bits per heavy atom. The van der Waals surface area contributed by atoms with Gasteiger partial charge in [0.05, 0.1) is 5.56 Å². The van der Waals surface area contributed by atoms with Gasteiger partial charge in [0.25, 0.3) is 5.89 Å². The van der Waals surface area contributed by atoms with Crippen molar-refractivity contribution in [1.29, 1.82) is 0 Å². The van der Waals surface area contributed by atoms with Crippen molar-refractivity contribution in [2.75, 3.05) is 0 Å². The minimum Gasteiger partial charge on any atom is -0.334 e. The topological polar surface area (TPSA) is 64.9 Å². The van der Waals surface area contributed by atoms with E-state index in [9.17, 15) is 4.39 Å². The molecule has 0 aliphatic carbocycles. The van der Waals surface area contributed by atoms with Crippen molar-refractivity contribution >= 4 is 11.6 Å². The molecule has 0 fully saturated rings. The maximum Gasteiger partial charge on any atom is 0.260 e. The van der Waals surface area contributed by atoms with Crippen LogP contribution in [0, 0.1) is 5.82 Å². The highest BCUT2D eigenvalue weighted by molar-refractivity contribution is 6.30. The van der Waals surface area contributed by atoms with Crippen molar-refractivity contribution in [3.8, 4) is 11.5 Å². The lowest BCUT2D eigenvalue weighted by Gasteiger charge is -2.02. The van der Waals surface area contributed by atoms with E-state index in [-0.39, 0.29) is 17.5 Å². The van der Waals surface area contributed by atoms with Gasteiger partial charge in [0.1, 0.15) is 5.82 Å². The lowest BCUT2D eigenvalue weighted by atomic mass is 10.1. The Balaban J connectivity index is 2.24. The Kier molecular flexibility index (Phi) is 3.93. The third kappa shape index (κ3) is 2.86. The number of nitrogens with zero attached hydrogens (tertiary/aromatic N) is 2. The van der Waals surface area contributed by atoms with E-state index in [1.807, 2.05) is 6.92 Å². The van der Waals surface area contributed by atoms with Gasteiger partial charge in [0.2, 0.25) is 0 Å². The highest BCUT2D eigenvalue weighted by atomic mass is 35.5. The molecule has 1 unspecified atom stereocenters. The molecule has 4 nitrogen and oxygen atoms in total.